The number of hydrogen-bond donors (Lipinski definition) is 1. The summed E-state index contributed by atoms with van der Waals surface area (Å²) in [5.41, 5.74) is -0.0674. The minimum atomic E-state index is -0.817. The summed E-state index contributed by atoms with van der Waals surface area (Å²) in [4.78, 5) is 13.2. The Labute approximate surface area is 127 Å². The van der Waals surface area contributed by atoms with Crippen molar-refractivity contribution in [2.75, 3.05) is 25.5 Å². The van der Waals surface area contributed by atoms with Crippen LogP contribution in [-0.2, 0) is 0 Å². The number of carbonyl (C=O) groups excluding carboxylic acids is 1. The molecular weight excluding hydrogens is 290 g/mol. The lowest BCUT2D eigenvalue weighted by Gasteiger charge is -2.18. The molecule has 0 spiro atoms. The van der Waals surface area contributed by atoms with E-state index in [0.29, 0.717) is 25.0 Å². The van der Waals surface area contributed by atoms with Gasteiger partial charge in [-0.1, -0.05) is 18.2 Å². The number of nitrogens with zero attached hydrogens (tertiary/aromatic N) is 1. The van der Waals surface area contributed by atoms with Crippen LogP contribution in [0, 0.1) is 11.6 Å². The molecule has 0 heterocycles. The average molecular weight is 306 g/mol. The number of benzene rings is 2. The van der Waals surface area contributed by atoms with Crippen molar-refractivity contribution in [2.24, 2.45) is 0 Å². The van der Waals surface area contributed by atoms with Crippen molar-refractivity contribution < 1.29 is 18.3 Å². The van der Waals surface area contributed by atoms with Crippen LogP contribution in [-0.4, -0.2) is 31.1 Å². The molecule has 0 aliphatic carbocycles. The fourth-order valence-corrected chi connectivity index (χ4v) is 1.72. The van der Waals surface area contributed by atoms with Crippen molar-refractivity contribution in [1.29, 1.82) is 0 Å². The topological polar surface area (TPSA) is 41.6 Å². The molecule has 6 heteroatoms. The zero-order chi connectivity index (χ0) is 15.9. The number of amides is 2. The Kier molecular flexibility index (Phi) is 5.30. The molecule has 2 aromatic rings. The number of halogens is 2. The lowest BCUT2D eigenvalue weighted by atomic mass is 10.3. The maximum atomic E-state index is 13.4. The van der Waals surface area contributed by atoms with Crippen molar-refractivity contribution in [3.63, 3.8) is 0 Å². The molecule has 0 aliphatic heterocycles. The minimum Gasteiger partial charge on any atom is -0.492 e. The quantitative estimate of drug-likeness (QED) is 0.918. The van der Waals surface area contributed by atoms with Crippen LogP contribution in [0.5, 0.6) is 5.75 Å². The van der Waals surface area contributed by atoms with E-state index in [1.165, 1.54) is 11.0 Å². The van der Waals surface area contributed by atoms with Gasteiger partial charge in [-0.05, 0) is 24.3 Å². The van der Waals surface area contributed by atoms with Gasteiger partial charge in [-0.25, -0.2) is 13.6 Å². The normalized spacial score (nSPS) is 10.1. The lowest BCUT2D eigenvalue weighted by molar-refractivity contribution is 0.207. The zero-order valence-corrected chi connectivity index (χ0v) is 12.1. The summed E-state index contributed by atoms with van der Waals surface area (Å²) in [5.74, 6) is -0.803. The molecule has 2 rings (SSSR count). The van der Waals surface area contributed by atoms with Crippen LogP contribution in [0.25, 0.3) is 0 Å². The van der Waals surface area contributed by atoms with Gasteiger partial charge >= 0.3 is 6.03 Å². The Morgan fingerprint density at radius 3 is 2.59 bits per heavy atom. The van der Waals surface area contributed by atoms with E-state index in [1.54, 1.807) is 7.05 Å². The average Bonchev–Trinajstić information content (AvgIpc) is 2.51. The van der Waals surface area contributed by atoms with Crippen LogP contribution in [0.1, 0.15) is 0 Å². The third-order valence-electron chi connectivity index (χ3n) is 2.96. The standard InChI is InChI=1S/C16H16F2N2O2/c1-20(9-10-22-13-5-3-2-4-6-13)16(21)19-15-8-7-12(17)11-14(15)18/h2-8,11H,9-10H2,1H3,(H,19,21). The highest BCUT2D eigenvalue weighted by Gasteiger charge is 2.12. The molecule has 4 nitrogen and oxygen atoms in total. The Morgan fingerprint density at radius 2 is 1.91 bits per heavy atom. The summed E-state index contributed by atoms with van der Waals surface area (Å²) >= 11 is 0. The minimum absolute atomic E-state index is 0.0674. The number of likely N-dealkylation sites (N-methyl/N-ethyl adjacent to an activating group) is 1. The van der Waals surface area contributed by atoms with Gasteiger partial charge in [0.25, 0.3) is 0 Å². The molecule has 0 fully saturated rings. The second-order valence-electron chi connectivity index (χ2n) is 4.64. The largest absolute Gasteiger partial charge is 0.492 e. The first-order valence-corrected chi connectivity index (χ1v) is 6.71. The predicted molar refractivity (Wildman–Crippen MR) is 79.9 cm³/mol. The number of para-hydroxylation sites is 1. The number of nitrogens with one attached hydrogen (secondary N) is 1. The highest BCUT2D eigenvalue weighted by Crippen LogP contribution is 2.15. The number of anilines is 1. The highest BCUT2D eigenvalue weighted by atomic mass is 19.1. The van der Waals surface area contributed by atoms with Crippen molar-refractivity contribution in [3.05, 3.63) is 60.2 Å². The van der Waals surface area contributed by atoms with E-state index in [2.05, 4.69) is 5.32 Å². The molecule has 116 valence electrons. The number of rotatable bonds is 5. The molecule has 2 amide bonds. The second kappa shape index (κ2) is 7.40. The number of ether oxygens (including phenoxy) is 1. The molecule has 0 saturated carbocycles. The summed E-state index contributed by atoms with van der Waals surface area (Å²) < 4.78 is 31.7. The molecule has 0 aromatic heterocycles. The van der Waals surface area contributed by atoms with Crippen LogP contribution in [0.2, 0.25) is 0 Å². The van der Waals surface area contributed by atoms with E-state index in [0.717, 1.165) is 6.07 Å². The van der Waals surface area contributed by atoms with Crippen LogP contribution >= 0.6 is 0 Å². The van der Waals surface area contributed by atoms with E-state index in [-0.39, 0.29) is 5.69 Å². The zero-order valence-electron chi connectivity index (χ0n) is 12.1. The molecule has 0 radical (unpaired) electrons. The summed E-state index contributed by atoms with van der Waals surface area (Å²) in [7, 11) is 1.56. The Morgan fingerprint density at radius 1 is 1.18 bits per heavy atom. The second-order valence-corrected chi connectivity index (χ2v) is 4.64. The van der Waals surface area contributed by atoms with Crippen molar-refractivity contribution in [3.8, 4) is 5.75 Å². The molecule has 0 unspecified atom stereocenters. The van der Waals surface area contributed by atoms with Gasteiger partial charge in [-0.15, -0.1) is 0 Å². The van der Waals surface area contributed by atoms with Crippen LogP contribution in [0.15, 0.2) is 48.5 Å². The van der Waals surface area contributed by atoms with E-state index in [9.17, 15) is 13.6 Å². The third-order valence-corrected chi connectivity index (χ3v) is 2.96. The first-order valence-electron chi connectivity index (χ1n) is 6.71. The van der Waals surface area contributed by atoms with Gasteiger partial charge in [-0.2, -0.15) is 0 Å². The SMILES string of the molecule is CN(CCOc1ccccc1)C(=O)Nc1ccc(F)cc1F. The smallest absolute Gasteiger partial charge is 0.321 e. The van der Waals surface area contributed by atoms with Crippen LogP contribution in [0.3, 0.4) is 0 Å². The number of hydrogen-bond acceptors (Lipinski definition) is 2. The molecule has 0 atom stereocenters. The first kappa shape index (κ1) is 15.8. The fraction of sp³-hybridized carbons (Fsp3) is 0.188. The number of urea groups is 1. The Balaban J connectivity index is 1.82. The Bertz CT molecular complexity index is 635. The van der Waals surface area contributed by atoms with Gasteiger partial charge in [-0.3, -0.25) is 0 Å². The summed E-state index contributed by atoms with van der Waals surface area (Å²) in [6.07, 6.45) is 0. The molecule has 0 bridgehead atoms. The van der Waals surface area contributed by atoms with Gasteiger partial charge in [0, 0.05) is 13.1 Å². The van der Waals surface area contributed by atoms with Crippen LogP contribution < -0.4 is 10.1 Å². The molecule has 0 saturated heterocycles. The summed E-state index contributed by atoms with van der Waals surface area (Å²) in [6, 6.07) is 11.7. The van der Waals surface area contributed by atoms with E-state index >= 15 is 0 Å². The van der Waals surface area contributed by atoms with E-state index in [4.69, 9.17) is 4.74 Å². The summed E-state index contributed by atoms with van der Waals surface area (Å²) in [5, 5.41) is 2.38. The van der Waals surface area contributed by atoms with Gasteiger partial charge in [0.05, 0.1) is 12.2 Å². The maximum Gasteiger partial charge on any atom is 0.321 e. The fourth-order valence-electron chi connectivity index (χ4n) is 1.72. The van der Waals surface area contributed by atoms with E-state index in [1.807, 2.05) is 30.3 Å². The van der Waals surface area contributed by atoms with Crippen molar-refractivity contribution in [2.45, 2.75) is 0 Å². The maximum absolute atomic E-state index is 13.4. The Hall–Kier alpha value is -2.63. The molecule has 2 aromatic carbocycles. The van der Waals surface area contributed by atoms with Crippen molar-refractivity contribution in [1.82, 2.24) is 4.90 Å². The molecule has 0 aliphatic rings. The van der Waals surface area contributed by atoms with E-state index < -0.39 is 17.7 Å². The lowest BCUT2D eigenvalue weighted by Crippen LogP contribution is -2.34. The first-order chi connectivity index (χ1) is 10.6. The van der Waals surface area contributed by atoms with Gasteiger partial charge in [0.1, 0.15) is 24.0 Å². The van der Waals surface area contributed by atoms with Crippen LogP contribution in [0.4, 0.5) is 19.3 Å². The number of carbonyl (C=O) groups is 1. The monoisotopic (exact) mass is 306 g/mol. The molecular formula is C16H16F2N2O2. The highest BCUT2D eigenvalue weighted by molar-refractivity contribution is 5.89. The molecule has 1 N–H and O–H groups in total. The van der Waals surface area contributed by atoms with Gasteiger partial charge in [0.2, 0.25) is 0 Å². The molecule has 22 heavy (non-hydrogen) atoms. The third kappa shape index (κ3) is 4.44. The van der Waals surface area contributed by atoms with Gasteiger partial charge in [0.15, 0.2) is 0 Å². The van der Waals surface area contributed by atoms with Gasteiger partial charge < -0.3 is 15.0 Å². The summed E-state index contributed by atoms with van der Waals surface area (Å²) in [6.45, 7) is 0.628. The van der Waals surface area contributed by atoms with Crippen molar-refractivity contribution >= 4 is 11.7 Å². The predicted octanol–water partition coefficient (Wildman–Crippen LogP) is 3.51.